The van der Waals surface area contributed by atoms with Gasteiger partial charge in [-0.2, -0.15) is 0 Å². The molecule has 1 unspecified atom stereocenters. The lowest BCUT2D eigenvalue weighted by Crippen LogP contribution is -2.31. The summed E-state index contributed by atoms with van der Waals surface area (Å²) in [4.78, 5) is 13.1. The van der Waals surface area contributed by atoms with E-state index in [1.54, 1.807) is 10.6 Å². The van der Waals surface area contributed by atoms with Crippen LogP contribution < -0.4 is 10.4 Å². The summed E-state index contributed by atoms with van der Waals surface area (Å²) < 4.78 is 35.2. The van der Waals surface area contributed by atoms with E-state index in [1.165, 1.54) is 30.8 Å². The van der Waals surface area contributed by atoms with Crippen LogP contribution >= 0.6 is 0 Å². The zero-order valence-electron chi connectivity index (χ0n) is 19.4. The predicted molar refractivity (Wildman–Crippen MR) is 125 cm³/mol. The van der Waals surface area contributed by atoms with Crippen molar-refractivity contribution < 1.29 is 18.3 Å². The molecule has 1 atom stereocenters. The second kappa shape index (κ2) is 9.09. The largest absolute Gasteiger partial charge is 0.490 e. The van der Waals surface area contributed by atoms with Gasteiger partial charge in [0, 0.05) is 20.6 Å². The van der Waals surface area contributed by atoms with Crippen LogP contribution in [0, 0.1) is 20.8 Å². The second-order valence-corrected chi connectivity index (χ2v) is 10.3. The van der Waals surface area contributed by atoms with Crippen LogP contribution in [0.25, 0.3) is 11.0 Å². The Morgan fingerprint density at radius 3 is 2.31 bits per heavy atom. The van der Waals surface area contributed by atoms with Gasteiger partial charge in [-0.25, -0.2) is 17.5 Å². The predicted octanol–water partition coefficient (Wildman–Crippen LogP) is 2.44. The average Bonchev–Trinajstić information content (AvgIpc) is 3.00. The van der Waals surface area contributed by atoms with Gasteiger partial charge in [0.1, 0.15) is 18.5 Å². The minimum atomic E-state index is -3.66. The van der Waals surface area contributed by atoms with Crippen molar-refractivity contribution in [2.75, 3.05) is 20.7 Å². The molecule has 0 bridgehead atoms. The van der Waals surface area contributed by atoms with Crippen molar-refractivity contribution in [3.8, 4) is 5.75 Å². The van der Waals surface area contributed by atoms with Crippen LogP contribution in [0.1, 0.15) is 23.6 Å². The molecule has 0 amide bonds. The molecular formula is C23H31N3O5S. The fourth-order valence-corrected chi connectivity index (χ4v) is 4.67. The van der Waals surface area contributed by atoms with Crippen LogP contribution in [0.15, 0.2) is 40.0 Å². The maximum Gasteiger partial charge on any atom is 0.329 e. The van der Waals surface area contributed by atoms with E-state index in [0.29, 0.717) is 17.6 Å². The third kappa shape index (κ3) is 4.32. The van der Waals surface area contributed by atoms with Gasteiger partial charge in [-0.3, -0.25) is 9.13 Å². The zero-order chi connectivity index (χ0) is 23.8. The molecule has 9 heteroatoms. The smallest absolute Gasteiger partial charge is 0.329 e. The van der Waals surface area contributed by atoms with Crippen molar-refractivity contribution in [3.63, 3.8) is 0 Å². The molecule has 0 saturated carbocycles. The number of fused-ring (bicyclic) bond motifs is 1. The van der Waals surface area contributed by atoms with Gasteiger partial charge >= 0.3 is 5.69 Å². The van der Waals surface area contributed by atoms with Crippen LogP contribution in [0.5, 0.6) is 5.75 Å². The van der Waals surface area contributed by atoms with Gasteiger partial charge < -0.3 is 9.84 Å². The quantitative estimate of drug-likeness (QED) is 0.556. The first-order valence-corrected chi connectivity index (χ1v) is 12.0. The van der Waals surface area contributed by atoms with E-state index in [1.807, 2.05) is 39.8 Å². The first kappa shape index (κ1) is 24.0. The Morgan fingerprint density at radius 1 is 1.03 bits per heavy atom. The summed E-state index contributed by atoms with van der Waals surface area (Å²) in [5, 5.41) is 10.7. The molecule has 0 fully saturated rings. The van der Waals surface area contributed by atoms with Gasteiger partial charge in [0.15, 0.2) is 0 Å². The van der Waals surface area contributed by atoms with Crippen LogP contribution in [-0.4, -0.2) is 53.8 Å². The van der Waals surface area contributed by atoms with E-state index in [-0.39, 0.29) is 23.7 Å². The van der Waals surface area contributed by atoms with E-state index >= 15 is 0 Å². The summed E-state index contributed by atoms with van der Waals surface area (Å²) >= 11 is 0. The average molecular weight is 462 g/mol. The molecule has 3 aromatic rings. The van der Waals surface area contributed by atoms with Gasteiger partial charge in [0.2, 0.25) is 10.0 Å². The molecule has 0 radical (unpaired) electrons. The number of hydrogen-bond acceptors (Lipinski definition) is 5. The lowest BCUT2D eigenvalue weighted by molar-refractivity contribution is 0.0918. The summed E-state index contributed by atoms with van der Waals surface area (Å²) in [6.07, 6.45) is -0.961. The molecule has 0 aliphatic rings. The number of sulfonamides is 1. The Hall–Kier alpha value is -2.62. The Labute approximate surface area is 188 Å². The van der Waals surface area contributed by atoms with E-state index in [4.69, 9.17) is 4.74 Å². The molecule has 3 rings (SSSR count). The third-order valence-electron chi connectivity index (χ3n) is 5.77. The van der Waals surface area contributed by atoms with Gasteiger partial charge in [-0.15, -0.1) is 0 Å². The first-order valence-electron chi connectivity index (χ1n) is 10.5. The lowest BCUT2D eigenvalue weighted by Gasteiger charge is -2.17. The molecular weight excluding hydrogens is 430 g/mol. The highest BCUT2D eigenvalue weighted by Crippen LogP contribution is 2.26. The Morgan fingerprint density at radius 2 is 1.69 bits per heavy atom. The highest BCUT2D eigenvalue weighted by molar-refractivity contribution is 7.89. The highest BCUT2D eigenvalue weighted by atomic mass is 32.2. The molecule has 1 aromatic heterocycles. The number of hydrogen-bond donors (Lipinski definition) is 1. The first-order chi connectivity index (χ1) is 15.0. The maximum atomic E-state index is 13.0. The van der Waals surface area contributed by atoms with Crippen molar-refractivity contribution in [1.82, 2.24) is 13.4 Å². The molecule has 1 heterocycles. The lowest BCUT2D eigenvalue weighted by atomic mass is 10.1. The number of aliphatic hydroxyl groups excluding tert-OH is 1. The Kier molecular flexibility index (Phi) is 6.83. The van der Waals surface area contributed by atoms with Crippen molar-refractivity contribution in [3.05, 3.63) is 57.5 Å². The SMILES string of the molecule is CCn1c(=O)n(CC(O)COc2c(C)ccc(C)c2C)c2cc(S(=O)(=O)N(C)C)ccc21. The number of nitrogens with zero attached hydrogens (tertiary/aromatic N) is 3. The molecule has 0 aliphatic carbocycles. The zero-order valence-corrected chi connectivity index (χ0v) is 20.2. The van der Waals surface area contributed by atoms with Crippen molar-refractivity contribution >= 4 is 21.1 Å². The van der Waals surface area contributed by atoms with Crippen molar-refractivity contribution in [1.29, 1.82) is 0 Å². The van der Waals surface area contributed by atoms with Crippen LogP contribution in [-0.2, 0) is 23.1 Å². The molecule has 32 heavy (non-hydrogen) atoms. The number of aryl methyl sites for hydroxylation is 3. The van der Waals surface area contributed by atoms with Gasteiger partial charge in [0.25, 0.3) is 0 Å². The van der Waals surface area contributed by atoms with Gasteiger partial charge in [-0.1, -0.05) is 12.1 Å². The normalized spacial score (nSPS) is 13.1. The molecule has 8 nitrogen and oxygen atoms in total. The molecule has 174 valence electrons. The minimum absolute atomic E-state index is 0.00601. The minimum Gasteiger partial charge on any atom is -0.490 e. The highest BCUT2D eigenvalue weighted by Gasteiger charge is 2.22. The number of ether oxygens (including phenoxy) is 1. The number of aliphatic hydroxyl groups is 1. The van der Waals surface area contributed by atoms with E-state index in [0.717, 1.165) is 26.7 Å². The summed E-state index contributed by atoms with van der Waals surface area (Å²) in [5.41, 5.74) is 3.85. The van der Waals surface area contributed by atoms with Gasteiger partial charge in [-0.05, 0) is 62.6 Å². The standard InChI is InChI=1S/C23H31N3O5S/c1-7-25-20-11-10-19(32(29,30)24(5)6)12-21(20)26(23(25)28)13-18(27)14-31-22-16(3)9-8-15(2)17(22)4/h8-12,18,27H,7,13-14H2,1-6H3. The van der Waals surface area contributed by atoms with Crippen LogP contribution in [0.2, 0.25) is 0 Å². The fraction of sp³-hybridized carbons (Fsp3) is 0.435. The topological polar surface area (TPSA) is 93.8 Å². The molecule has 0 aliphatic heterocycles. The second-order valence-electron chi connectivity index (χ2n) is 8.19. The van der Waals surface area contributed by atoms with E-state index in [9.17, 15) is 18.3 Å². The number of aromatic nitrogens is 2. The summed E-state index contributed by atoms with van der Waals surface area (Å²) in [7, 11) is -0.745. The number of rotatable bonds is 8. The van der Waals surface area contributed by atoms with Crippen LogP contribution in [0.3, 0.4) is 0 Å². The van der Waals surface area contributed by atoms with E-state index in [2.05, 4.69) is 0 Å². The van der Waals surface area contributed by atoms with E-state index < -0.39 is 16.1 Å². The van der Waals surface area contributed by atoms with Crippen LogP contribution in [0.4, 0.5) is 0 Å². The fourth-order valence-electron chi connectivity index (χ4n) is 3.74. The Balaban J connectivity index is 1.95. The monoisotopic (exact) mass is 461 g/mol. The number of benzene rings is 2. The maximum absolute atomic E-state index is 13.0. The third-order valence-corrected chi connectivity index (χ3v) is 7.58. The summed E-state index contributed by atoms with van der Waals surface area (Å²) in [5.74, 6) is 0.728. The summed E-state index contributed by atoms with van der Waals surface area (Å²) in [6, 6.07) is 8.61. The van der Waals surface area contributed by atoms with Crippen molar-refractivity contribution in [2.24, 2.45) is 0 Å². The van der Waals surface area contributed by atoms with Gasteiger partial charge in [0.05, 0.1) is 22.5 Å². The molecule has 0 spiro atoms. The Bertz CT molecular complexity index is 1310. The number of imidazole rings is 1. The molecule has 0 saturated heterocycles. The molecule has 1 N–H and O–H groups in total. The summed E-state index contributed by atoms with van der Waals surface area (Å²) in [6.45, 7) is 8.17. The molecule has 2 aromatic carbocycles. The van der Waals surface area contributed by atoms with Crippen molar-refractivity contribution in [2.45, 2.75) is 51.8 Å².